The largest absolute Gasteiger partial charge is 0.506 e. The summed E-state index contributed by atoms with van der Waals surface area (Å²) >= 11 is 0. The van der Waals surface area contributed by atoms with E-state index in [4.69, 9.17) is 4.42 Å². The van der Waals surface area contributed by atoms with Crippen molar-refractivity contribution in [3.8, 4) is 5.75 Å². The fraction of sp³-hybridized carbons (Fsp3) is 0.111. The Morgan fingerprint density at radius 1 is 0.906 bits per heavy atom. The molecule has 0 amide bonds. The van der Waals surface area contributed by atoms with Crippen LogP contribution < -0.4 is 5.63 Å². The van der Waals surface area contributed by atoms with E-state index in [9.17, 15) is 14.7 Å². The molecule has 5 nitrogen and oxygen atoms in total. The summed E-state index contributed by atoms with van der Waals surface area (Å²) in [7, 11) is 0. The monoisotopic (exact) mass is 423 g/mol. The first-order valence-electron chi connectivity index (χ1n) is 10.5. The van der Waals surface area contributed by atoms with Gasteiger partial charge in [-0.05, 0) is 35.7 Å². The Hall–Kier alpha value is -4.12. The number of aromatic amines is 1. The molecule has 0 spiro atoms. The van der Waals surface area contributed by atoms with Crippen LogP contribution in [0.4, 0.5) is 0 Å². The second-order valence-electron chi connectivity index (χ2n) is 7.82. The number of carbonyl (C=O) groups excluding carboxylic acids is 1. The molecule has 0 saturated heterocycles. The number of ketones is 1. The SMILES string of the molecule is O=C(CCC(c1ccccc1)c1c[nH]c2ccccc12)c1c(O)c2ccccc2oc1=O. The normalized spacial score (nSPS) is 12.2. The van der Waals surface area contributed by atoms with E-state index < -0.39 is 11.4 Å². The van der Waals surface area contributed by atoms with Crippen molar-refractivity contribution in [3.05, 3.63) is 112 Å². The topological polar surface area (TPSA) is 83.3 Å². The zero-order valence-electron chi connectivity index (χ0n) is 17.2. The fourth-order valence-corrected chi connectivity index (χ4v) is 4.35. The minimum atomic E-state index is -0.811. The number of aromatic nitrogens is 1. The van der Waals surface area contributed by atoms with Gasteiger partial charge in [-0.2, -0.15) is 0 Å². The van der Waals surface area contributed by atoms with E-state index in [1.54, 1.807) is 24.3 Å². The average molecular weight is 423 g/mol. The maximum atomic E-state index is 13.1. The fourth-order valence-electron chi connectivity index (χ4n) is 4.35. The number of para-hydroxylation sites is 2. The highest BCUT2D eigenvalue weighted by atomic mass is 16.4. The predicted octanol–water partition coefficient (Wildman–Crippen LogP) is 5.77. The zero-order chi connectivity index (χ0) is 22.1. The summed E-state index contributed by atoms with van der Waals surface area (Å²) in [5, 5.41) is 12.1. The van der Waals surface area contributed by atoms with Crippen molar-refractivity contribution >= 4 is 27.7 Å². The van der Waals surface area contributed by atoms with Gasteiger partial charge in [0, 0.05) is 29.4 Å². The van der Waals surface area contributed by atoms with E-state index in [1.807, 2.05) is 54.7 Å². The van der Waals surface area contributed by atoms with Crippen molar-refractivity contribution < 1.29 is 14.3 Å². The molecule has 0 aliphatic carbocycles. The summed E-state index contributed by atoms with van der Waals surface area (Å²) in [4.78, 5) is 28.8. The standard InChI is InChI=1S/C27H21NO4/c29-23(25-26(30)20-11-5-7-13-24(20)32-27(25)31)15-14-18(17-8-2-1-3-9-17)21-16-28-22-12-6-4-10-19(21)22/h1-13,16,18,28,30H,14-15H2. The highest BCUT2D eigenvalue weighted by Crippen LogP contribution is 2.35. The number of fused-ring (bicyclic) bond motifs is 2. The summed E-state index contributed by atoms with van der Waals surface area (Å²) in [6.07, 6.45) is 2.56. The first-order valence-corrected chi connectivity index (χ1v) is 10.5. The van der Waals surface area contributed by atoms with Crippen molar-refractivity contribution in [3.63, 3.8) is 0 Å². The molecule has 0 aliphatic heterocycles. The Labute approximate surface area is 183 Å². The third-order valence-corrected chi connectivity index (χ3v) is 5.92. The lowest BCUT2D eigenvalue weighted by molar-refractivity contribution is 0.0972. The highest BCUT2D eigenvalue weighted by molar-refractivity contribution is 6.02. The maximum absolute atomic E-state index is 13.1. The van der Waals surface area contributed by atoms with Crippen LogP contribution in [0, 0.1) is 0 Å². The molecule has 5 rings (SSSR count). The van der Waals surface area contributed by atoms with E-state index in [0.29, 0.717) is 11.8 Å². The molecular formula is C27H21NO4. The van der Waals surface area contributed by atoms with Gasteiger partial charge in [-0.1, -0.05) is 60.7 Å². The molecule has 5 heteroatoms. The minimum absolute atomic E-state index is 0.0501. The van der Waals surface area contributed by atoms with Gasteiger partial charge in [-0.15, -0.1) is 0 Å². The minimum Gasteiger partial charge on any atom is -0.506 e. The lowest BCUT2D eigenvalue weighted by atomic mass is 9.86. The third-order valence-electron chi connectivity index (χ3n) is 5.92. The van der Waals surface area contributed by atoms with Crippen LogP contribution >= 0.6 is 0 Å². The van der Waals surface area contributed by atoms with Gasteiger partial charge >= 0.3 is 5.63 Å². The van der Waals surface area contributed by atoms with Crippen LogP contribution in [0.15, 0.2) is 94.3 Å². The second kappa shape index (κ2) is 8.19. The summed E-state index contributed by atoms with van der Waals surface area (Å²) in [5.41, 5.74) is 2.37. The van der Waals surface area contributed by atoms with Crippen LogP contribution in [0.2, 0.25) is 0 Å². The molecule has 0 saturated carbocycles. The molecule has 0 radical (unpaired) electrons. The van der Waals surface area contributed by atoms with Crippen LogP contribution in [0.1, 0.15) is 40.2 Å². The molecule has 1 unspecified atom stereocenters. The molecule has 1 atom stereocenters. The summed E-state index contributed by atoms with van der Waals surface area (Å²) in [6.45, 7) is 0. The first kappa shape index (κ1) is 19.8. The zero-order valence-corrected chi connectivity index (χ0v) is 17.2. The number of H-pyrrole nitrogens is 1. The molecule has 0 aliphatic rings. The molecule has 2 heterocycles. The van der Waals surface area contributed by atoms with Crippen LogP contribution in [0.3, 0.4) is 0 Å². The van der Waals surface area contributed by atoms with Gasteiger partial charge in [0.2, 0.25) is 0 Å². The van der Waals surface area contributed by atoms with Gasteiger partial charge in [0.05, 0.1) is 5.39 Å². The van der Waals surface area contributed by atoms with E-state index >= 15 is 0 Å². The maximum Gasteiger partial charge on any atom is 0.351 e. The van der Waals surface area contributed by atoms with Gasteiger partial charge in [0.15, 0.2) is 5.78 Å². The molecule has 2 aromatic heterocycles. The molecule has 32 heavy (non-hydrogen) atoms. The van der Waals surface area contributed by atoms with E-state index in [2.05, 4.69) is 11.1 Å². The molecule has 0 bridgehead atoms. The Morgan fingerprint density at radius 3 is 2.41 bits per heavy atom. The Bertz CT molecular complexity index is 1480. The summed E-state index contributed by atoms with van der Waals surface area (Å²) < 4.78 is 5.27. The lowest BCUT2D eigenvalue weighted by Crippen LogP contribution is -2.15. The number of nitrogens with one attached hydrogen (secondary N) is 1. The Balaban J connectivity index is 1.50. The molecule has 5 aromatic rings. The van der Waals surface area contributed by atoms with Gasteiger partial charge in [-0.25, -0.2) is 4.79 Å². The molecule has 3 aromatic carbocycles. The molecule has 2 N–H and O–H groups in total. The van der Waals surface area contributed by atoms with Gasteiger partial charge in [0.25, 0.3) is 0 Å². The number of benzene rings is 3. The van der Waals surface area contributed by atoms with E-state index in [0.717, 1.165) is 22.0 Å². The molecule has 0 fully saturated rings. The number of aromatic hydroxyl groups is 1. The number of Topliss-reactive ketones (excluding diaryl/α,β-unsaturated/α-hetero) is 1. The van der Waals surface area contributed by atoms with Gasteiger partial charge < -0.3 is 14.5 Å². The number of hydrogen-bond acceptors (Lipinski definition) is 4. The summed E-state index contributed by atoms with van der Waals surface area (Å²) in [6, 6.07) is 24.7. The highest BCUT2D eigenvalue weighted by Gasteiger charge is 2.24. The second-order valence-corrected chi connectivity index (χ2v) is 7.82. The smallest absolute Gasteiger partial charge is 0.351 e. The number of rotatable bonds is 6. The average Bonchev–Trinajstić information content (AvgIpc) is 3.24. The van der Waals surface area contributed by atoms with E-state index in [-0.39, 0.29) is 29.2 Å². The quantitative estimate of drug-likeness (QED) is 0.268. The third kappa shape index (κ3) is 3.48. The summed E-state index contributed by atoms with van der Waals surface area (Å²) in [5.74, 6) is -0.793. The van der Waals surface area contributed by atoms with E-state index in [1.165, 1.54) is 0 Å². The van der Waals surface area contributed by atoms with Crippen molar-refractivity contribution in [2.75, 3.05) is 0 Å². The first-order chi connectivity index (χ1) is 15.6. The van der Waals surface area contributed by atoms with Crippen LogP contribution in [0.25, 0.3) is 21.9 Å². The van der Waals surface area contributed by atoms with Crippen molar-refractivity contribution in [1.29, 1.82) is 0 Å². The van der Waals surface area contributed by atoms with Crippen LogP contribution in [-0.4, -0.2) is 15.9 Å². The number of hydrogen-bond donors (Lipinski definition) is 2. The van der Waals surface area contributed by atoms with Crippen molar-refractivity contribution in [2.24, 2.45) is 0 Å². The lowest BCUT2D eigenvalue weighted by Gasteiger charge is -2.17. The van der Waals surface area contributed by atoms with Crippen LogP contribution in [-0.2, 0) is 0 Å². The predicted molar refractivity (Wildman–Crippen MR) is 124 cm³/mol. The van der Waals surface area contributed by atoms with Gasteiger partial charge in [-0.3, -0.25) is 4.79 Å². The Kier molecular flexibility index (Phi) is 5.07. The number of carbonyl (C=O) groups is 1. The molecule has 158 valence electrons. The van der Waals surface area contributed by atoms with Crippen molar-refractivity contribution in [1.82, 2.24) is 4.98 Å². The van der Waals surface area contributed by atoms with Crippen molar-refractivity contribution in [2.45, 2.75) is 18.8 Å². The molecular weight excluding hydrogens is 402 g/mol. The Morgan fingerprint density at radius 2 is 1.59 bits per heavy atom. The van der Waals surface area contributed by atoms with Crippen LogP contribution in [0.5, 0.6) is 5.75 Å². The van der Waals surface area contributed by atoms with Gasteiger partial charge in [0.1, 0.15) is 16.9 Å².